The van der Waals surface area contributed by atoms with Gasteiger partial charge in [0.2, 0.25) is 0 Å². The monoisotopic (exact) mass is 250 g/mol. The Morgan fingerprint density at radius 3 is 2.56 bits per heavy atom. The van der Waals surface area contributed by atoms with Crippen molar-refractivity contribution in [2.75, 3.05) is 0 Å². The second kappa shape index (κ2) is 4.32. The number of carbonyl (C=O) groups excluding carboxylic acids is 1. The third-order valence-corrected chi connectivity index (χ3v) is 4.80. The summed E-state index contributed by atoms with van der Waals surface area (Å²) in [4.78, 5) is 12.1. The third-order valence-electron chi connectivity index (χ3n) is 4.80. The smallest absolute Gasteiger partial charge is 0.181 e. The summed E-state index contributed by atoms with van der Waals surface area (Å²) in [6.07, 6.45) is 1.35. The van der Waals surface area contributed by atoms with E-state index < -0.39 is 12.2 Å². The summed E-state index contributed by atoms with van der Waals surface area (Å²) in [5, 5.41) is 20.2. The van der Waals surface area contributed by atoms with Crippen LogP contribution in [0.3, 0.4) is 0 Å². The molecule has 100 valence electrons. The van der Waals surface area contributed by atoms with Gasteiger partial charge < -0.3 is 10.2 Å². The molecule has 0 bridgehead atoms. The molecule has 0 spiro atoms. The van der Waals surface area contributed by atoms with Gasteiger partial charge in [0.05, 0.1) is 12.2 Å². The van der Waals surface area contributed by atoms with Crippen LogP contribution in [0.5, 0.6) is 0 Å². The number of aliphatic hydroxyl groups is 2. The highest BCUT2D eigenvalue weighted by Crippen LogP contribution is 2.51. The van der Waals surface area contributed by atoms with Gasteiger partial charge >= 0.3 is 0 Å². The van der Waals surface area contributed by atoms with Crippen LogP contribution in [0.1, 0.15) is 40.5 Å². The molecule has 18 heavy (non-hydrogen) atoms. The van der Waals surface area contributed by atoms with Gasteiger partial charge in [-0.25, -0.2) is 0 Å². The Bertz CT molecular complexity index is 443. The quantitative estimate of drug-likeness (QED) is 0.646. The molecule has 0 heterocycles. The van der Waals surface area contributed by atoms with E-state index in [9.17, 15) is 15.0 Å². The van der Waals surface area contributed by atoms with Gasteiger partial charge in [-0.2, -0.15) is 0 Å². The molecular formula is C15H22O3. The normalized spacial score (nSPS) is 40.3. The largest absolute Gasteiger partial charge is 0.393 e. The molecule has 0 saturated heterocycles. The Morgan fingerprint density at radius 1 is 1.39 bits per heavy atom. The van der Waals surface area contributed by atoms with Crippen LogP contribution in [-0.4, -0.2) is 28.2 Å². The highest BCUT2D eigenvalue weighted by Gasteiger charge is 2.49. The van der Waals surface area contributed by atoms with Crippen molar-refractivity contribution < 1.29 is 15.0 Å². The topological polar surface area (TPSA) is 57.5 Å². The Balaban J connectivity index is 2.53. The van der Waals surface area contributed by atoms with E-state index in [0.717, 1.165) is 16.7 Å². The molecule has 0 unspecified atom stereocenters. The molecule has 2 aliphatic carbocycles. The zero-order valence-corrected chi connectivity index (χ0v) is 11.5. The first-order chi connectivity index (χ1) is 8.27. The first-order valence-electron chi connectivity index (χ1n) is 6.56. The van der Waals surface area contributed by atoms with Crippen LogP contribution in [0.25, 0.3) is 0 Å². The van der Waals surface area contributed by atoms with Crippen molar-refractivity contribution >= 4 is 5.78 Å². The SMILES string of the molecule is CC(C)=C1C[C@@]2(C)C(=CC1=O)[C@H](O)C[C@H](O)[C@@H]2C. The lowest BCUT2D eigenvalue weighted by Gasteiger charge is -2.49. The maximum Gasteiger partial charge on any atom is 0.181 e. The van der Waals surface area contributed by atoms with Crippen molar-refractivity contribution in [2.45, 2.75) is 52.7 Å². The summed E-state index contributed by atoms with van der Waals surface area (Å²) >= 11 is 0. The average molecular weight is 250 g/mol. The lowest BCUT2D eigenvalue weighted by molar-refractivity contribution is -0.113. The number of carbonyl (C=O) groups is 1. The van der Waals surface area contributed by atoms with E-state index in [4.69, 9.17) is 0 Å². The van der Waals surface area contributed by atoms with Crippen LogP contribution >= 0.6 is 0 Å². The fourth-order valence-corrected chi connectivity index (χ4v) is 3.26. The van der Waals surface area contributed by atoms with Crippen LogP contribution in [0.4, 0.5) is 0 Å². The summed E-state index contributed by atoms with van der Waals surface area (Å²) in [7, 11) is 0. The molecule has 1 saturated carbocycles. The highest BCUT2D eigenvalue weighted by molar-refractivity contribution is 6.06. The van der Waals surface area contributed by atoms with Gasteiger partial charge in [-0.3, -0.25) is 4.79 Å². The summed E-state index contributed by atoms with van der Waals surface area (Å²) in [5.74, 6) is 0.0692. The zero-order chi connectivity index (χ0) is 13.7. The molecule has 0 aliphatic heterocycles. The number of hydrogen-bond acceptors (Lipinski definition) is 3. The minimum absolute atomic E-state index is 0.0186. The molecule has 0 aromatic heterocycles. The lowest BCUT2D eigenvalue weighted by Crippen LogP contribution is -2.48. The zero-order valence-electron chi connectivity index (χ0n) is 11.5. The summed E-state index contributed by atoms with van der Waals surface area (Å²) in [5.41, 5.74) is 2.35. The van der Waals surface area contributed by atoms with E-state index in [2.05, 4.69) is 0 Å². The molecule has 2 rings (SSSR count). The van der Waals surface area contributed by atoms with Crippen LogP contribution in [-0.2, 0) is 4.79 Å². The van der Waals surface area contributed by atoms with E-state index in [0.29, 0.717) is 12.8 Å². The van der Waals surface area contributed by atoms with Crippen LogP contribution in [0, 0.1) is 11.3 Å². The predicted octanol–water partition coefficient (Wildman–Crippen LogP) is 1.99. The van der Waals surface area contributed by atoms with Crippen molar-refractivity contribution in [2.24, 2.45) is 11.3 Å². The standard InChI is InChI=1S/C15H22O3/c1-8(2)10-7-15(4)9(3)12(16)6-14(18)11(15)5-13(10)17/h5,9,12,14,16,18H,6-7H2,1-4H3/t9-,12-,14+,15+/m0/s1. The molecule has 3 heteroatoms. The minimum Gasteiger partial charge on any atom is -0.393 e. The fraction of sp³-hybridized carbons (Fsp3) is 0.667. The summed E-state index contributed by atoms with van der Waals surface area (Å²) in [6.45, 7) is 7.93. The van der Waals surface area contributed by atoms with Gasteiger partial charge in [0.15, 0.2) is 5.78 Å². The second-order valence-electron chi connectivity index (χ2n) is 6.14. The Kier molecular flexibility index (Phi) is 3.24. The number of hydrogen-bond donors (Lipinski definition) is 2. The molecule has 2 aliphatic rings. The number of rotatable bonds is 0. The molecule has 0 aromatic carbocycles. The van der Waals surface area contributed by atoms with E-state index in [-0.39, 0.29) is 17.1 Å². The van der Waals surface area contributed by atoms with Gasteiger partial charge in [0.25, 0.3) is 0 Å². The van der Waals surface area contributed by atoms with Crippen molar-refractivity contribution in [3.8, 4) is 0 Å². The second-order valence-corrected chi connectivity index (χ2v) is 6.14. The maximum absolute atomic E-state index is 12.1. The van der Waals surface area contributed by atoms with Gasteiger partial charge in [-0.15, -0.1) is 0 Å². The van der Waals surface area contributed by atoms with Gasteiger partial charge in [-0.1, -0.05) is 19.4 Å². The molecular weight excluding hydrogens is 228 g/mol. The first-order valence-corrected chi connectivity index (χ1v) is 6.56. The average Bonchev–Trinajstić information content (AvgIpc) is 2.28. The molecule has 0 radical (unpaired) electrons. The van der Waals surface area contributed by atoms with E-state index in [1.807, 2.05) is 27.7 Å². The van der Waals surface area contributed by atoms with Crippen LogP contribution < -0.4 is 0 Å². The molecule has 0 amide bonds. The maximum atomic E-state index is 12.1. The van der Waals surface area contributed by atoms with Crippen LogP contribution in [0.15, 0.2) is 22.8 Å². The summed E-state index contributed by atoms with van der Waals surface area (Å²) < 4.78 is 0. The van der Waals surface area contributed by atoms with Crippen LogP contribution in [0.2, 0.25) is 0 Å². The number of aliphatic hydroxyl groups excluding tert-OH is 2. The van der Waals surface area contributed by atoms with Crippen molar-refractivity contribution in [3.05, 3.63) is 22.8 Å². The minimum atomic E-state index is -0.691. The van der Waals surface area contributed by atoms with E-state index in [1.165, 1.54) is 0 Å². The molecule has 0 aromatic rings. The fourth-order valence-electron chi connectivity index (χ4n) is 3.26. The molecule has 2 N–H and O–H groups in total. The first kappa shape index (κ1) is 13.5. The Labute approximate surface area is 108 Å². The van der Waals surface area contributed by atoms with Crippen molar-refractivity contribution in [1.82, 2.24) is 0 Å². The van der Waals surface area contributed by atoms with Crippen molar-refractivity contribution in [1.29, 1.82) is 0 Å². The summed E-state index contributed by atoms with van der Waals surface area (Å²) in [6, 6.07) is 0. The van der Waals surface area contributed by atoms with Gasteiger partial charge in [0.1, 0.15) is 0 Å². The number of ketones is 1. The number of allylic oxidation sites excluding steroid dienone is 3. The number of fused-ring (bicyclic) bond motifs is 1. The van der Waals surface area contributed by atoms with E-state index in [1.54, 1.807) is 6.08 Å². The Hall–Kier alpha value is -0.930. The van der Waals surface area contributed by atoms with Gasteiger partial charge in [-0.05, 0) is 43.4 Å². The van der Waals surface area contributed by atoms with Gasteiger partial charge in [0, 0.05) is 11.8 Å². The molecule has 3 nitrogen and oxygen atoms in total. The molecule has 4 atom stereocenters. The highest BCUT2D eigenvalue weighted by atomic mass is 16.3. The molecule has 1 fully saturated rings. The lowest BCUT2D eigenvalue weighted by atomic mass is 9.57. The van der Waals surface area contributed by atoms with E-state index >= 15 is 0 Å². The third kappa shape index (κ3) is 1.86. The predicted molar refractivity (Wildman–Crippen MR) is 70.0 cm³/mol. The van der Waals surface area contributed by atoms with Crippen molar-refractivity contribution in [3.63, 3.8) is 0 Å². The Morgan fingerprint density at radius 2 is 2.00 bits per heavy atom.